The Kier molecular flexibility index (Phi) is 4.92. The van der Waals surface area contributed by atoms with Gasteiger partial charge in [0, 0.05) is 24.3 Å². The third kappa shape index (κ3) is 3.60. The number of rotatable bonds is 6. The van der Waals surface area contributed by atoms with Gasteiger partial charge in [-0.2, -0.15) is 0 Å². The summed E-state index contributed by atoms with van der Waals surface area (Å²) in [5, 5.41) is 12.0. The summed E-state index contributed by atoms with van der Waals surface area (Å²) in [5.74, 6) is -0.376. The molecule has 0 atom stereocenters. The first-order valence-corrected chi connectivity index (χ1v) is 8.25. The third-order valence-electron chi connectivity index (χ3n) is 3.92. The van der Waals surface area contributed by atoms with Crippen LogP contribution < -0.4 is 5.32 Å². The van der Waals surface area contributed by atoms with Gasteiger partial charge in [-0.3, -0.25) is 9.67 Å². The highest BCUT2D eigenvalue weighted by Gasteiger charge is 2.17. The first-order valence-electron chi connectivity index (χ1n) is 8.25. The summed E-state index contributed by atoms with van der Waals surface area (Å²) in [7, 11) is 0. The van der Waals surface area contributed by atoms with Gasteiger partial charge in [-0.05, 0) is 32.4 Å². The average Bonchev–Trinajstić information content (AvgIpc) is 3.08. The second-order valence-electron chi connectivity index (χ2n) is 5.84. The highest BCUT2D eigenvalue weighted by atomic mass is 16.5. The van der Waals surface area contributed by atoms with Crippen molar-refractivity contribution in [3.05, 3.63) is 47.4 Å². The summed E-state index contributed by atoms with van der Waals surface area (Å²) in [6.07, 6.45) is 5.02. The lowest BCUT2D eigenvalue weighted by Gasteiger charge is -2.15. The minimum absolute atomic E-state index is 0.322. The van der Waals surface area contributed by atoms with Crippen molar-refractivity contribution < 1.29 is 9.53 Å². The molecule has 1 N–H and O–H groups in total. The van der Waals surface area contributed by atoms with Crippen molar-refractivity contribution in [1.29, 1.82) is 0 Å². The van der Waals surface area contributed by atoms with Crippen LogP contribution in [0.4, 0.5) is 5.69 Å². The van der Waals surface area contributed by atoms with Crippen LogP contribution in [0, 0.1) is 13.8 Å². The Morgan fingerprint density at radius 1 is 1.32 bits per heavy atom. The number of carbonyl (C=O) groups excluding carboxylic acids is 1. The van der Waals surface area contributed by atoms with Crippen LogP contribution in [-0.4, -0.2) is 39.1 Å². The normalized spacial score (nSPS) is 10.8. The van der Waals surface area contributed by atoms with Crippen molar-refractivity contribution in [3.8, 4) is 0 Å². The van der Waals surface area contributed by atoms with Gasteiger partial charge < -0.3 is 10.1 Å². The molecule has 130 valence electrons. The van der Waals surface area contributed by atoms with Crippen LogP contribution in [0.5, 0.6) is 0 Å². The fourth-order valence-corrected chi connectivity index (χ4v) is 2.86. The van der Waals surface area contributed by atoms with Crippen molar-refractivity contribution in [2.75, 3.05) is 18.5 Å². The monoisotopic (exact) mass is 339 g/mol. The number of aromatic nitrogens is 4. The SMILES string of the molecule is CCOC(=O)c1cnc2c(C)cc(C)cc2c1NCCn1ccnn1. The van der Waals surface area contributed by atoms with Gasteiger partial charge in [-0.1, -0.05) is 16.8 Å². The largest absolute Gasteiger partial charge is 0.462 e. The molecule has 0 fully saturated rings. The fourth-order valence-electron chi connectivity index (χ4n) is 2.86. The van der Waals surface area contributed by atoms with E-state index in [1.165, 1.54) is 0 Å². The molecule has 25 heavy (non-hydrogen) atoms. The lowest BCUT2D eigenvalue weighted by molar-refractivity contribution is 0.0527. The fraction of sp³-hybridized carbons (Fsp3) is 0.333. The van der Waals surface area contributed by atoms with Gasteiger partial charge in [0.25, 0.3) is 0 Å². The average molecular weight is 339 g/mol. The van der Waals surface area contributed by atoms with Crippen LogP contribution in [0.1, 0.15) is 28.4 Å². The van der Waals surface area contributed by atoms with E-state index in [0.29, 0.717) is 25.3 Å². The maximum Gasteiger partial charge on any atom is 0.341 e. The van der Waals surface area contributed by atoms with E-state index in [1.807, 2.05) is 19.9 Å². The molecule has 0 amide bonds. The van der Waals surface area contributed by atoms with Crippen LogP contribution in [0.2, 0.25) is 0 Å². The molecule has 0 aliphatic carbocycles. The molecule has 0 radical (unpaired) electrons. The summed E-state index contributed by atoms with van der Waals surface area (Å²) in [4.78, 5) is 16.8. The number of pyridine rings is 1. The van der Waals surface area contributed by atoms with Crippen molar-refractivity contribution in [3.63, 3.8) is 0 Å². The molecule has 0 saturated carbocycles. The molecular weight excluding hydrogens is 318 g/mol. The maximum atomic E-state index is 12.3. The predicted octanol–water partition coefficient (Wildman–Crippen LogP) is 2.73. The Hall–Kier alpha value is -2.96. The molecule has 3 rings (SSSR count). The number of nitrogens with one attached hydrogen (secondary N) is 1. The number of anilines is 1. The van der Waals surface area contributed by atoms with Crippen LogP contribution in [0.15, 0.2) is 30.7 Å². The number of benzene rings is 1. The van der Waals surface area contributed by atoms with Crippen molar-refractivity contribution >= 4 is 22.6 Å². The van der Waals surface area contributed by atoms with Crippen molar-refractivity contribution in [2.45, 2.75) is 27.3 Å². The van der Waals surface area contributed by atoms with E-state index in [2.05, 4.69) is 26.7 Å². The zero-order valence-electron chi connectivity index (χ0n) is 14.6. The van der Waals surface area contributed by atoms with Gasteiger partial charge in [0.15, 0.2) is 0 Å². The molecule has 0 bridgehead atoms. The van der Waals surface area contributed by atoms with E-state index >= 15 is 0 Å². The minimum Gasteiger partial charge on any atom is -0.462 e. The first-order chi connectivity index (χ1) is 12.1. The number of hydrogen-bond donors (Lipinski definition) is 1. The molecule has 0 aliphatic heterocycles. The Morgan fingerprint density at radius 2 is 2.16 bits per heavy atom. The Balaban J connectivity index is 2.00. The zero-order valence-corrected chi connectivity index (χ0v) is 14.6. The third-order valence-corrected chi connectivity index (χ3v) is 3.92. The minimum atomic E-state index is -0.376. The van der Waals surface area contributed by atoms with E-state index in [9.17, 15) is 4.79 Å². The Labute approximate surface area is 146 Å². The van der Waals surface area contributed by atoms with E-state index in [0.717, 1.165) is 27.7 Å². The molecule has 0 aliphatic rings. The standard InChI is InChI=1S/C18H21N5O2/c1-4-25-18(24)15-11-20-16-13(3)9-12(2)10-14(16)17(15)19-5-7-23-8-6-21-22-23/h6,8-11H,4-5,7H2,1-3H3,(H,19,20). The molecule has 2 aromatic heterocycles. The highest BCUT2D eigenvalue weighted by molar-refractivity contribution is 6.05. The molecule has 1 aromatic carbocycles. The predicted molar refractivity (Wildman–Crippen MR) is 95.7 cm³/mol. The number of fused-ring (bicyclic) bond motifs is 1. The molecule has 7 heteroatoms. The van der Waals surface area contributed by atoms with Crippen LogP contribution in [0.3, 0.4) is 0 Å². The molecule has 3 aromatic rings. The zero-order chi connectivity index (χ0) is 17.8. The smallest absolute Gasteiger partial charge is 0.341 e. The Morgan fingerprint density at radius 3 is 2.88 bits per heavy atom. The first kappa shape index (κ1) is 16.9. The quantitative estimate of drug-likeness (QED) is 0.695. The topological polar surface area (TPSA) is 81.9 Å². The van der Waals surface area contributed by atoms with Gasteiger partial charge in [-0.15, -0.1) is 5.10 Å². The molecule has 0 unspecified atom stereocenters. The summed E-state index contributed by atoms with van der Waals surface area (Å²) in [6, 6.07) is 4.12. The summed E-state index contributed by atoms with van der Waals surface area (Å²) >= 11 is 0. The van der Waals surface area contributed by atoms with E-state index in [1.54, 1.807) is 30.2 Å². The van der Waals surface area contributed by atoms with Gasteiger partial charge in [-0.25, -0.2) is 4.79 Å². The maximum absolute atomic E-state index is 12.3. The van der Waals surface area contributed by atoms with Crippen molar-refractivity contribution in [2.24, 2.45) is 0 Å². The molecular formula is C18H21N5O2. The molecule has 7 nitrogen and oxygen atoms in total. The second-order valence-corrected chi connectivity index (χ2v) is 5.84. The summed E-state index contributed by atoms with van der Waals surface area (Å²) in [5.41, 5.74) is 4.26. The lowest BCUT2D eigenvalue weighted by Crippen LogP contribution is -2.15. The van der Waals surface area contributed by atoms with Gasteiger partial charge in [0.05, 0.1) is 30.6 Å². The summed E-state index contributed by atoms with van der Waals surface area (Å²) < 4.78 is 6.92. The molecule has 2 heterocycles. The van der Waals surface area contributed by atoms with Crippen LogP contribution in [0.25, 0.3) is 10.9 Å². The number of esters is 1. The lowest BCUT2D eigenvalue weighted by atomic mass is 10.0. The van der Waals surface area contributed by atoms with Gasteiger partial charge in [0.1, 0.15) is 5.56 Å². The van der Waals surface area contributed by atoms with E-state index < -0.39 is 0 Å². The molecule has 0 spiro atoms. The van der Waals surface area contributed by atoms with Gasteiger partial charge >= 0.3 is 5.97 Å². The van der Waals surface area contributed by atoms with Gasteiger partial charge in [0.2, 0.25) is 0 Å². The number of carbonyl (C=O) groups is 1. The molecule has 0 saturated heterocycles. The van der Waals surface area contributed by atoms with E-state index in [-0.39, 0.29) is 5.97 Å². The van der Waals surface area contributed by atoms with Crippen molar-refractivity contribution in [1.82, 2.24) is 20.0 Å². The van der Waals surface area contributed by atoms with Crippen LogP contribution in [-0.2, 0) is 11.3 Å². The highest BCUT2D eigenvalue weighted by Crippen LogP contribution is 2.29. The number of hydrogen-bond acceptors (Lipinski definition) is 6. The number of nitrogens with zero attached hydrogens (tertiary/aromatic N) is 4. The van der Waals surface area contributed by atoms with Crippen LogP contribution >= 0.6 is 0 Å². The van der Waals surface area contributed by atoms with E-state index in [4.69, 9.17) is 4.74 Å². The number of aryl methyl sites for hydroxylation is 2. The summed E-state index contributed by atoms with van der Waals surface area (Å²) in [6.45, 7) is 7.40. The number of ether oxygens (including phenoxy) is 1. The Bertz CT molecular complexity index is 890. The second kappa shape index (κ2) is 7.29.